The number of urea groups is 1. The fourth-order valence-corrected chi connectivity index (χ4v) is 2.48. The third-order valence-electron chi connectivity index (χ3n) is 3.70. The van der Waals surface area contributed by atoms with E-state index in [0.29, 0.717) is 19.4 Å². The molecular weight excluding hydrogens is 288 g/mol. The molecule has 2 aromatic rings. The van der Waals surface area contributed by atoms with Gasteiger partial charge in [-0.25, -0.2) is 4.79 Å². The number of rotatable bonds is 8. The van der Waals surface area contributed by atoms with E-state index < -0.39 is 0 Å². The van der Waals surface area contributed by atoms with Gasteiger partial charge in [0, 0.05) is 13.2 Å². The summed E-state index contributed by atoms with van der Waals surface area (Å²) in [4.78, 5) is 12.1. The largest absolute Gasteiger partial charge is 0.396 e. The van der Waals surface area contributed by atoms with Crippen LogP contribution >= 0.6 is 0 Å². The minimum Gasteiger partial charge on any atom is -0.396 e. The minimum absolute atomic E-state index is 0.0833. The highest BCUT2D eigenvalue weighted by molar-refractivity contribution is 5.74. The van der Waals surface area contributed by atoms with Crippen molar-refractivity contribution < 1.29 is 9.90 Å². The van der Waals surface area contributed by atoms with Crippen LogP contribution in [0.3, 0.4) is 0 Å². The van der Waals surface area contributed by atoms with Crippen molar-refractivity contribution in [1.82, 2.24) is 10.6 Å². The van der Waals surface area contributed by atoms with Crippen molar-refractivity contribution in [3.8, 4) is 0 Å². The third-order valence-corrected chi connectivity index (χ3v) is 3.70. The topological polar surface area (TPSA) is 61.4 Å². The van der Waals surface area contributed by atoms with Crippen LogP contribution < -0.4 is 10.6 Å². The van der Waals surface area contributed by atoms with Crippen molar-refractivity contribution in [2.75, 3.05) is 13.2 Å². The Morgan fingerprint density at radius 3 is 2.30 bits per heavy atom. The summed E-state index contributed by atoms with van der Waals surface area (Å²) < 4.78 is 0. The van der Waals surface area contributed by atoms with Gasteiger partial charge >= 0.3 is 6.03 Å². The van der Waals surface area contributed by atoms with Gasteiger partial charge in [0.05, 0.1) is 6.04 Å². The Balaban J connectivity index is 1.82. The SMILES string of the molecule is O=C(NCCc1ccccc1)NC(CCCO)c1ccccc1. The van der Waals surface area contributed by atoms with Crippen molar-refractivity contribution in [2.24, 2.45) is 0 Å². The first-order valence-corrected chi connectivity index (χ1v) is 8.03. The summed E-state index contributed by atoms with van der Waals surface area (Å²) in [5, 5.41) is 14.9. The molecule has 2 rings (SSSR count). The highest BCUT2D eigenvalue weighted by atomic mass is 16.3. The molecule has 1 unspecified atom stereocenters. The fraction of sp³-hybridized carbons (Fsp3) is 0.316. The predicted molar refractivity (Wildman–Crippen MR) is 92.2 cm³/mol. The van der Waals surface area contributed by atoms with Crippen LogP contribution in [-0.4, -0.2) is 24.3 Å². The molecule has 0 fully saturated rings. The first-order chi connectivity index (χ1) is 11.3. The van der Waals surface area contributed by atoms with Crippen LogP contribution in [0.4, 0.5) is 4.79 Å². The van der Waals surface area contributed by atoms with E-state index in [-0.39, 0.29) is 18.7 Å². The highest BCUT2D eigenvalue weighted by Gasteiger charge is 2.13. The Labute approximate surface area is 137 Å². The maximum atomic E-state index is 12.1. The van der Waals surface area contributed by atoms with Crippen LogP contribution in [0.1, 0.15) is 30.0 Å². The van der Waals surface area contributed by atoms with Crippen LogP contribution in [0.5, 0.6) is 0 Å². The van der Waals surface area contributed by atoms with Gasteiger partial charge in [-0.2, -0.15) is 0 Å². The molecule has 4 heteroatoms. The zero-order valence-corrected chi connectivity index (χ0v) is 13.2. The van der Waals surface area contributed by atoms with Crippen molar-refractivity contribution in [2.45, 2.75) is 25.3 Å². The molecule has 2 aromatic carbocycles. The molecule has 23 heavy (non-hydrogen) atoms. The quantitative estimate of drug-likeness (QED) is 0.701. The summed E-state index contributed by atoms with van der Waals surface area (Å²) in [6.07, 6.45) is 2.18. The van der Waals surface area contributed by atoms with Gasteiger partial charge in [0.25, 0.3) is 0 Å². The van der Waals surface area contributed by atoms with E-state index in [2.05, 4.69) is 10.6 Å². The number of carbonyl (C=O) groups is 1. The van der Waals surface area contributed by atoms with E-state index >= 15 is 0 Å². The molecule has 0 aliphatic carbocycles. The Hall–Kier alpha value is -2.33. The summed E-state index contributed by atoms with van der Waals surface area (Å²) in [6.45, 7) is 0.720. The Bertz CT molecular complexity index is 572. The lowest BCUT2D eigenvalue weighted by Gasteiger charge is -2.19. The highest BCUT2D eigenvalue weighted by Crippen LogP contribution is 2.17. The smallest absolute Gasteiger partial charge is 0.315 e. The average molecular weight is 312 g/mol. The Morgan fingerprint density at radius 2 is 1.65 bits per heavy atom. The molecule has 1 atom stereocenters. The summed E-state index contributed by atoms with van der Waals surface area (Å²) in [5.41, 5.74) is 2.26. The van der Waals surface area contributed by atoms with Gasteiger partial charge in [-0.05, 0) is 30.4 Å². The zero-order chi connectivity index (χ0) is 16.3. The van der Waals surface area contributed by atoms with E-state index in [9.17, 15) is 4.79 Å². The van der Waals surface area contributed by atoms with Gasteiger partial charge in [-0.3, -0.25) is 0 Å². The number of aliphatic hydroxyl groups excluding tert-OH is 1. The number of hydrogen-bond acceptors (Lipinski definition) is 2. The maximum absolute atomic E-state index is 12.1. The summed E-state index contributed by atoms with van der Waals surface area (Å²) >= 11 is 0. The standard InChI is InChI=1S/C19H24N2O2/c22-15-7-12-18(17-10-5-2-6-11-17)21-19(23)20-14-13-16-8-3-1-4-9-16/h1-6,8-11,18,22H,7,12-15H2,(H2,20,21,23). The number of aliphatic hydroxyl groups is 1. The first-order valence-electron chi connectivity index (χ1n) is 8.03. The normalized spacial score (nSPS) is 11.7. The molecule has 0 radical (unpaired) electrons. The number of nitrogens with one attached hydrogen (secondary N) is 2. The molecule has 3 N–H and O–H groups in total. The average Bonchev–Trinajstić information content (AvgIpc) is 2.60. The van der Waals surface area contributed by atoms with Gasteiger partial charge in [0.2, 0.25) is 0 Å². The number of carbonyl (C=O) groups excluding carboxylic acids is 1. The minimum atomic E-state index is -0.173. The van der Waals surface area contributed by atoms with Gasteiger partial charge in [0.15, 0.2) is 0 Å². The molecule has 0 saturated heterocycles. The predicted octanol–water partition coefficient (Wildman–Crippen LogP) is 3.04. The van der Waals surface area contributed by atoms with Crippen molar-refractivity contribution in [3.63, 3.8) is 0 Å². The summed E-state index contributed by atoms with van der Waals surface area (Å²) in [6, 6.07) is 19.7. The fourth-order valence-electron chi connectivity index (χ4n) is 2.48. The third kappa shape index (κ3) is 6.12. The molecule has 0 heterocycles. The second-order valence-electron chi connectivity index (χ2n) is 5.46. The lowest BCUT2D eigenvalue weighted by Crippen LogP contribution is -2.39. The lowest BCUT2D eigenvalue weighted by atomic mass is 10.0. The second kappa shape index (κ2) is 9.64. The van der Waals surface area contributed by atoms with E-state index in [1.54, 1.807) is 0 Å². The van der Waals surface area contributed by atoms with Gasteiger partial charge in [-0.1, -0.05) is 60.7 Å². The summed E-state index contributed by atoms with van der Waals surface area (Å²) in [7, 11) is 0. The van der Waals surface area contributed by atoms with E-state index in [1.807, 2.05) is 60.7 Å². The maximum Gasteiger partial charge on any atom is 0.315 e. The first kappa shape index (κ1) is 17.0. The molecule has 4 nitrogen and oxygen atoms in total. The van der Waals surface area contributed by atoms with Crippen molar-refractivity contribution in [1.29, 1.82) is 0 Å². The van der Waals surface area contributed by atoms with Crippen molar-refractivity contribution in [3.05, 3.63) is 71.8 Å². The van der Waals surface area contributed by atoms with Gasteiger partial charge in [-0.15, -0.1) is 0 Å². The van der Waals surface area contributed by atoms with Gasteiger partial charge < -0.3 is 15.7 Å². The Kier molecular flexibility index (Phi) is 7.14. The Morgan fingerprint density at radius 1 is 1.00 bits per heavy atom. The van der Waals surface area contributed by atoms with Crippen LogP contribution in [0.15, 0.2) is 60.7 Å². The molecule has 0 aliphatic rings. The van der Waals surface area contributed by atoms with Crippen molar-refractivity contribution >= 4 is 6.03 Å². The monoisotopic (exact) mass is 312 g/mol. The molecule has 122 valence electrons. The number of benzene rings is 2. The number of hydrogen-bond donors (Lipinski definition) is 3. The molecule has 0 aliphatic heterocycles. The molecule has 2 amide bonds. The second-order valence-corrected chi connectivity index (χ2v) is 5.46. The zero-order valence-electron chi connectivity index (χ0n) is 13.2. The molecule has 0 bridgehead atoms. The van der Waals surface area contributed by atoms with Crippen LogP contribution in [-0.2, 0) is 6.42 Å². The van der Waals surface area contributed by atoms with Crippen LogP contribution in [0.25, 0.3) is 0 Å². The molecule has 0 spiro atoms. The van der Waals surface area contributed by atoms with Crippen LogP contribution in [0.2, 0.25) is 0 Å². The van der Waals surface area contributed by atoms with E-state index in [0.717, 1.165) is 12.0 Å². The summed E-state index contributed by atoms with van der Waals surface area (Å²) in [5.74, 6) is 0. The molecule has 0 saturated carbocycles. The molecular formula is C19H24N2O2. The van der Waals surface area contributed by atoms with Gasteiger partial charge in [0.1, 0.15) is 0 Å². The number of amides is 2. The van der Waals surface area contributed by atoms with E-state index in [1.165, 1.54) is 5.56 Å². The van der Waals surface area contributed by atoms with Crippen LogP contribution in [0, 0.1) is 0 Å². The van der Waals surface area contributed by atoms with E-state index in [4.69, 9.17) is 5.11 Å². The lowest BCUT2D eigenvalue weighted by molar-refractivity contribution is 0.233. The molecule has 0 aromatic heterocycles.